The van der Waals surface area contributed by atoms with E-state index in [0.29, 0.717) is 0 Å². The van der Waals surface area contributed by atoms with Crippen molar-refractivity contribution in [1.82, 2.24) is 15.2 Å². The highest BCUT2D eigenvalue weighted by atomic mass is 15.2. The largest absolute Gasteiger partial charge is 0.314 e. The van der Waals surface area contributed by atoms with Crippen LogP contribution in [0.3, 0.4) is 0 Å². The summed E-state index contributed by atoms with van der Waals surface area (Å²) < 4.78 is 0. The maximum atomic E-state index is 4.59. The van der Waals surface area contributed by atoms with Crippen LogP contribution in [0.25, 0.3) is 10.8 Å². The molecule has 1 aliphatic rings. The van der Waals surface area contributed by atoms with Crippen LogP contribution >= 0.6 is 0 Å². The number of hydrogen-bond acceptors (Lipinski definition) is 3. The van der Waals surface area contributed by atoms with Crippen LogP contribution in [-0.2, 0) is 6.42 Å². The summed E-state index contributed by atoms with van der Waals surface area (Å²) in [7, 11) is 0. The van der Waals surface area contributed by atoms with Crippen LogP contribution in [0, 0.1) is 6.92 Å². The van der Waals surface area contributed by atoms with E-state index in [1.807, 2.05) is 6.20 Å². The monoisotopic (exact) mass is 255 g/mol. The zero-order valence-electron chi connectivity index (χ0n) is 11.5. The van der Waals surface area contributed by atoms with Gasteiger partial charge in [0.2, 0.25) is 0 Å². The van der Waals surface area contributed by atoms with Crippen molar-refractivity contribution in [3.63, 3.8) is 0 Å². The zero-order valence-corrected chi connectivity index (χ0v) is 11.5. The molecule has 100 valence electrons. The molecule has 0 atom stereocenters. The second-order valence-electron chi connectivity index (χ2n) is 5.32. The predicted octanol–water partition coefficient (Wildman–Crippen LogP) is 1.99. The van der Waals surface area contributed by atoms with Gasteiger partial charge >= 0.3 is 0 Å². The number of nitrogens with one attached hydrogen (secondary N) is 1. The summed E-state index contributed by atoms with van der Waals surface area (Å²) in [6.07, 6.45) is 2.98. The van der Waals surface area contributed by atoms with Crippen molar-refractivity contribution in [3.8, 4) is 0 Å². The molecular weight excluding hydrogens is 234 g/mol. The van der Waals surface area contributed by atoms with Crippen LogP contribution < -0.4 is 5.32 Å². The van der Waals surface area contributed by atoms with E-state index in [2.05, 4.69) is 46.4 Å². The second kappa shape index (κ2) is 5.68. The quantitative estimate of drug-likeness (QED) is 0.909. The molecule has 2 heterocycles. The predicted molar refractivity (Wildman–Crippen MR) is 79.5 cm³/mol. The SMILES string of the molecule is Cc1ccc2ccnc(CCN3CCNCC3)c2c1. The molecule has 2 aromatic rings. The fraction of sp³-hybridized carbons (Fsp3) is 0.438. The molecule has 1 N–H and O–H groups in total. The number of hydrogen-bond donors (Lipinski definition) is 1. The van der Waals surface area contributed by atoms with E-state index in [9.17, 15) is 0 Å². The standard InChI is InChI=1S/C16H21N3/c1-13-2-3-14-4-6-18-16(15(14)12-13)5-9-19-10-7-17-8-11-19/h2-4,6,12,17H,5,7-11H2,1H3. The summed E-state index contributed by atoms with van der Waals surface area (Å²) in [5.74, 6) is 0. The van der Waals surface area contributed by atoms with E-state index in [1.54, 1.807) is 0 Å². The Balaban J connectivity index is 1.78. The lowest BCUT2D eigenvalue weighted by atomic mass is 10.1. The Kier molecular flexibility index (Phi) is 3.76. The fourth-order valence-electron chi connectivity index (χ4n) is 2.74. The molecular formula is C16H21N3. The first-order chi connectivity index (χ1) is 9.33. The normalized spacial score (nSPS) is 16.9. The Morgan fingerprint density at radius 1 is 1.21 bits per heavy atom. The Hall–Kier alpha value is -1.45. The van der Waals surface area contributed by atoms with Gasteiger partial charge in [-0.2, -0.15) is 0 Å². The molecule has 0 saturated carbocycles. The number of rotatable bonds is 3. The Bertz CT molecular complexity index is 559. The van der Waals surface area contributed by atoms with Gasteiger partial charge in [-0.15, -0.1) is 0 Å². The zero-order chi connectivity index (χ0) is 13.1. The summed E-state index contributed by atoms with van der Waals surface area (Å²) in [4.78, 5) is 7.11. The number of aryl methyl sites for hydroxylation is 1. The van der Waals surface area contributed by atoms with Crippen LogP contribution in [0.1, 0.15) is 11.3 Å². The maximum Gasteiger partial charge on any atom is 0.0494 e. The summed E-state index contributed by atoms with van der Waals surface area (Å²) in [6.45, 7) is 7.80. The van der Waals surface area contributed by atoms with Crippen LogP contribution in [-0.4, -0.2) is 42.6 Å². The lowest BCUT2D eigenvalue weighted by Gasteiger charge is -2.27. The van der Waals surface area contributed by atoms with Gasteiger partial charge in [-0.1, -0.05) is 17.7 Å². The van der Waals surface area contributed by atoms with Crippen LogP contribution in [0.15, 0.2) is 30.5 Å². The molecule has 1 fully saturated rings. The van der Waals surface area contributed by atoms with E-state index in [4.69, 9.17) is 0 Å². The molecule has 19 heavy (non-hydrogen) atoms. The smallest absolute Gasteiger partial charge is 0.0494 e. The van der Waals surface area contributed by atoms with Crippen LogP contribution in [0.4, 0.5) is 0 Å². The molecule has 3 nitrogen and oxygen atoms in total. The summed E-state index contributed by atoms with van der Waals surface area (Å²) in [5.41, 5.74) is 2.55. The molecule has 3 rings (SSSR count). The van der Waals surface area contributed by atoms with Crippen molar-refractivity contribution in [3.05, 3.63) is 41.7 Å². The van der Waals surface area contributed by atoms with Crippen molar-refractivity contribution in [2.75, 3.05) is 32.7 Å². The highest BCUT2D eigenvalue weighted by molar-refractivity contribution is 5.85. The topological polar surface area (TPSA) is 28.2 Å². The average Bonchev–Trinajstić information content (AvgIpc) is 2.46. The molecule has 0 spiro atoms. The lowest BCUT2D eigenvalue weighted by Crippen LogP contribution is -2.44. The van der Waals surface area contributed by atoms with E-state index >= 15 is 0 Å². The molecule has 3 heteroatoms. The van der Waals surface area contributed by atoms with E-state index in [-0.39, 0.29) is 0 Å². The van der Waals surface area contributed by atoms with Crippen molar-refractivity contribution in [2.45, 2.75) is 13.3 Å². The molecule has 1 aromatic heterocycles. The third kappa shape index (κ3) is 2.94. The van der Waals surface area contributed by atoms with Crippen molar-refractivity contribution in [2.24, 2.45) is 0 Å². The first-order valence-corrected chi connectivity index (χ1v) is 7.10. The average molecular weight is 255 g/mol. The lowest BCUT2D eigenvalue weighted by molar-refractivity contribution is 0.243. The van der Waals surface area contributed by atoms with E-state index < -0.39 is 0 Å². The second-order valence-corrected chi connectivity index (χ2v) is 5.32. The summed E-state index contributed by atoms with van der Waals surface area (Å²) >= 11 is 0. The first-order valence-electron chi connectivity index (χ1n) is 7.10. The number of pyridine rings is 1. The highest BCUT2D eigenvalue weighted by Crippen LogP contribution is 2.19. The van der Waals surface area contributed by atoms with Crippen molar-refractivity contribution in [1.29, 1.82) is 0 Å². The van der Waals surface area contributed by atoms with Crippen molar-refractivity contribution >= 4 is 10.8 Å². The summed E-state index contributed by atoms with van der Waals surface area (Å²) in [6, 6.07) is 8.72. The molecule has 0 unspecified atom stereocenters. The van der Waals surface area contributed by atoms with Crippen molar-refractivity contribution < 1.29 is 0 Å². The number of fused-ring (bicyclic) bond motifs is 1. The van der Waals surface area contributed by atoms with E-state index in [0.717, 1.165) is 39.1 Å². The van der Waals surface area contributed by atoms with Gasteiger partial charge in [0.25, 0.3) is 0 Å². The fourth-order valence-corrected chi connectivity index (χ4v) is 2.74. The van der Waals surface area contributed by atoms with Crippen LogP contribution in [0.5, 0.6) is 0 Å². The summed E-state index contributed by atoms with van der Waals surface area (Å²) in [5, 5.41) is 6.01. The Labute approximate surface area is 114 Å². The molecule has 0 radical (unpaired) electrons. The minimum absolute atomic E-state index is 1.04. The molecule has 0 amide bonds. The minimum Gasteiger partial charge on any atom is -0.314 e. The third-order valence-electron chi connectivity index (χ3n) is 3.88. The van der Waals surface area contributed by atoms with Gasteiger partial charge in [0, 0.05) is 56.4 Å². The van der Waals surface area contributed by atoms with Gasteiger partial charge in [0.15, 0.2) is 0 Å². The highest BCUT2D eigenvalue weighted by Gasteiger charge is 2.10. The van der Waals surface area contributed by atoms with Gasteiger partial charge in [0.05, 0.1) is 0 Å². The Morgan fingerprint density at radius 3 is 2.89 bits per heavy atom. The molecule has 0 bridgehead atoms. The van der Waals surface area contributed by atoms with Crippen LogP contribution in [0.2, 0.25) is 0 Å². The van der Waals surface area contributed by atoms with E-state index in [1.165, 1.54) is 22.0 Å². The van der Waals surface area contributed by atoms with Gasteiger partial charge in [-0.05, 0) is 24.4 Å². The van der Waals surface area contributed by atoms with Gasteiger partial charge < -0.3 is 10.2 Å². The Morgan fingerprint density at radius 2 is 2.05 bits per heavy atom. The number of aromatic nitrogens is 1. The van der Waals surface area contributed by atoms with Gasteiger partial charge in [0.1, 0.15) is 0 Å². The minimum atomic E-state index is 1.04. The first kappa shape index (κ1) is 12.6. The molecule has 1 aliphatic heterocycles. The molecule has 1 aromatic carbocycles. The third-order valence-corrected chi connectivity index (χ3v) is 3.88. The number of nitrogens with zero attached hydrogens (tertiary/aromatic N) is 2. The van der Waals surface area contributed by atoms with Gasteiger partial charge in [-0.25, -0.2) is 0 Å². The number of benzene rings is 1. The maximum absolute atomic E-state index is 4.59. The number of piperazine rings is 1. The van der Waals surface area contributed by atoms with Gasteiger partial charge in [-0.3, -0.25) is 4.98 Å². The molecule has 0 aliphatic carbocycles. The molecule has 1 saturated heterocycles.